The van der Waals surface area contributed by atoms with Gasteiger partial charge < -0.3 is 14.4 Å². The molecule has 0 rings (SSSR count). The Morgan fingerprint density at radius 1 is 1.06 bits per heavy atom. The van der Waals surface area contributed by atoms with Crippen LogP contribution in [0.2, 0.25) is 0 Å². The van der Waals surface area contributed by atoms with Gasteiger partial charge in [0.1, 0.15) is 0 Å². The minimum atomic E-state index is -0.321. The molecule has 0 saturated carbocycles. The van der Waals surface area contributed by atoms with E-state index in [1.165, 1.54) is 0 Å². The molecule has 0 N–H and O–H groups in total. The molecule has 0 spiro atoms. The maximum atomic E-state index is 11.8. The molecule has 0 aromatic rings. The van der Waals surface area contributed by atoms with Crippen LogP contribution < -0.4 is 0 Å². The number of carbonyl (C=O) groups excluding carboxylic acids is 1. The Labute approximate surface area is 112 Å². The Bertz CT molecular complexity index is 224. The molecule has 0 aromatic carbocycles. The first-order valence-electron chi connectivity index (χ1n) is 6.80. The summed E-state index contributed by atoms with van der Waals surface area (Å²) in [7, 11) is 1.81. The van der Waals surface area contributed by atoms with Gasteiger partial charge in [0.25, 0.3) is 0 Å². The van der Waals surface area contributed by atoms with Crippen LogP contribution in [0.5, 0.6) is 0 Å². The first-order chi connectivity index (χ1) is 8.39. The van der Waals surface area contributed by atoms with Crippen LogP contribution in [-0.4, -0.2) is 50.8 Å². The molecule has 0 unspecified atom stereocenters. The largest absolute Gasteiger partial charge is 0.379 e. The maximum Gasteiger partial charge on any atom is 0.227 e. The molecular weight excluding hydrogens is 230 g/mol. The molecule has 1 amide bonds. The molecule has 108 valence electrons. The van der Waals surface area contributed by atoms with Gasteiger partial charge in [-0.15, -0.1) is 0 Å². The van der Waals surface area contributed by atoms with E-state index in [1.807, 2.05) is 27.8 Å². The number of rotatable bonds is 9. The smallest absolute Gasteiger partial charge is 0.227 e. The van der Waals surface area contributed by atoms with Crippen molar-refractivity contribution >= 4 is 5.91 Å². The zero-order valence-electron chi connectivity index (χ0n) is 12.6. The highest BCUT2D eigenvalue weighted by Crippen LogP contribution is 2.15. The van der Waals surface area contributed by atoms with E-state index < -0.39 is 0 Å². The summed E-state index contributed by atoms with van der Waals surface area (Å²) < 4.78 is 10.8. The monoisotopic (exact) mass is 259 g/mol. The second-order valence-corrected chi connectivity index (χ2v) is 5.56. The summed E-state index contributed by atoms with van der Waals surface area (Å²) in [6.07, 6.45) is 2.25. The number of hydrogen-bond acceptors (Lipinski definition) is 3. The second kappa shape index (κ2) is 9.34. The molecule has 0 heterocycles. The number of carbonyl (C=O) groups is 1. The van der Waals surface area contributed by atoms with Crippen molar-refractivity contribution in [2.45, 2.75) is 40.5 Å². The van der Waals surface area contributed by atoms with Crippen molar-refractivity contribution in [1.82, 2.24) is 4.90 Å². The molecule has 0 radical (unpaired) electrons. The average molecular weight is 259 g/mol. The topological polar surface area (TPSA) is 38.8 Å². The summed E-state index contributed by atoms with van der Waals surface area (Å²) in [5, 5.41) is 0. The molecule has 0 aliphatic heterocycles. The van der Waals surface area contributed by atoms with E-state index in [9.17, 15) is 4.79 Å². The number of hydrogen-bond donors (Lipinski definition) is 0. The Morgan fingerprint density at radius 2 is 1.61 bits per heavy atom. The molecule has 0 aliphatic carbocycles. The summed E-state index contributed by atoms with van der Waals surface area (Å²) in [5.41, 5.74) is -0.321. The van der Waals surface area contributed by atoms with Gasteiger partial charge in [-0.2, -0.15) is 0 Å². The van der Waals surface area contributed by atoms with Gasteiger partial charge in [0.05, 0.1) is 19.8 Å². The highest BCUT2D eigenvalue weighted by Gasteiger charge is 2.24. The van der Waals surface area contributed by atoms with Crippen molar-refractivity contribution in [1.29, 1.82) is 0 Å². The fourth-order valence-electron chi connectivity index (χ4n) is 1.44. The molecule has 18 heavy (non-hydrogen) atoms. The van der Waals surface area contributed by atoms with Crippen molar-refractivity contribution in [2.24, 2.45) is 5.41 Å². The zero-order valence-corrected chi connectivity index (χ0v) is 12.6. The predicted octanol–water partition coefficient (Wildman–Crippen LogP) is 2.32. The van der Waals surface area contributed by atoms with Crippen LogP contribution >= 0.6 is 0 Å². The van der Waals surface area contributed by atoms with Gasteiger partial charge in [-0.1, -0.05) is 34.1 Å². The van der Waals surface area contributed by atoms with Crippen LogP contribution in [-0.2, 0) is 14.3 Å². The lowest BCUT2D eigenvalue weighted by molar-refractivity contribution is -0.138. The van der Waals surface area contributed by atoms with E-state index in [1.54, 1.807) is 4.90 Å². The lowest BCUT2D eigenvalue weighted by Crippen LogP contribution is -2.38. The second-order valence-electron chi connectivity index (χ2n) is 5.56. The third-order valence-electron chi connectivity index (χ3n) is 2.57. The van der Waals surface area contributed by atoms with E-state index in [4.69, 9.17) is 9.47 Å². The third kappa shape index (κ3) is 8.48. The van der Waals surface area contributed by atoms with Gasteiger partial charge in [0.2, 0.25) is 5.91 Å². The average Bonchev–Trinajstić information content (AvgIpc) is 2.30. The highest BCUT2D eigenvalue weighted by molar-refractivity contribution is 5.81. The van der Waals surface area contributed by atoms with E-state index in [-0.39, 0.29) is 11.3 Å². The van der Waals surface area contributed by atoms with Crippen molar-refractivity contribution in [3.8, 4) is 0 Å². The van der Waals surface area contributed by atoms with Gasteiger partial charge in [-0.3, -0.25) is 4.79 Å². The van der Waals surface area contributed by atoms with Gasteiger partial charge in [-0.05, 0) is 6.42 Å². The first kappa shape index (κ1) is 17.4. The fourth-order valence-corrected chi connectivity index (χ4v) is 1.44. The minimum Gasteiger partial charge on any atom is -0.379 e. The highest BCUT2D eigenvalue weighted by atomic mass is 16.5. The number of unbranched alkanes of at least 4 members (excludes halogenated alkanes) is 1. The minimum absolute atomic E-state index is 0.144. The molecular formula is C14H29NO3. The molecule has 4 heteroatoms. The molecule has 0 fully saturated rings. The van der Waals surface area contributed by atoms with Gasteiger partial charge in [-0.25, -0.2) is 0 Å². The summed E-state index contributed by atoms with van der Waals surface area (Å²) in [6.45, 7) is 11.2. The zero-order chi connectivity index (χ0) is 14.0. The fraction of sp³-hybridized carbons (Fsp3) is 0.929. The van der Waals surface area contributed by atoms with Crippen LogP contribution in [0.15, 0.2) is 0 Å². The van der Waals surface area contributed by atoms with Crippen molar-refractivity contribution in [2.75, 3.05) is 40.0 Å². The molecule has 0 bridgehead atoms. The third-order valence-corrected chi connectivity index (χ3v) is 2.57. The van der Waals surface area contributed by atoms with E-state index in [2.05, 4.69) is 6.92 Å². The molecule has 0 aromatic heterocycles. The van der Waals surface area contributed by atoms with Crippen LogP contribution in [0.4, 0.5) is 0 Å². The van der Waals surface area contributed by atoms with Gasteiger partial charge in [0.15, 0.2) is 0 Å². The lowest BCUT2D eigenvalue weighted by atomic mass is 9.95. The Kier molecular flexibility index (Phi) is 9.02. The molecule has 4 nitrogen and oxygen atoms in total. The predicted molar refractivity (Wildman–Crippen MR) is 73.6 cm³/mol. The number of likely N-dealkylation sites (N-methyl/N-ethyl adjacent to an activating group) is 1. The standard InChI is InChI=1S/C14H29NO3/c1-6-7-9-17-11-12-18-10-8-15(5)13(16)14(2,3)4/h6-12H2,1-5H3. The van der Waals surface area contributed by atoms with E-state index >= 15 is 0 Å². The summed E-state index contributed by atoms with van der Waals surface area (Å²) in [5.74, 6) is 0.144. The van der Waals surface area contributed by atoms with Crippen LogP contribution in [0, 0.1) is 5.41 Å². The molecule has 0 saturated heterocycles. The Morgan fingerprint density at radius 3 is 2.11 bits per heavy atom. The first-order valence-corrected chi connectivity index (χ1v) is 6.80. The number of amides is 1. The number of nitrogens with zero attached hydrogens (tertiary/aromatic N) is 1. The van der Waals surface area contributed by atoms with Gasteiger partial charge >= 0.3 is 0 Å². The Hall–Kier alpha value is -0.610. The van der Waals surface area contributed by atoms with E-state index in [0.717, 1.165) is 19.4 Å². The van der Waals surface area contributed by atoms with Crippen molar-refractivity contribution < 1.29 is 14.3 Å². The summed E-state index contributed by atoms with van der Waals surface area (Å²) in [4.78, 5) is 13.6. The van der Waals surface area contributed by atoms with Crippen molar-refractivity contribution in [3.63, 3.8) is 0 Å². The Balaban J connectivity index is 3.46. The molecule has 0 aliphatic rings. The molecule has 0 atom stereocenters. The van der Waals surface area contributed by atoms with Crippen molar-refractivity contribution in [3.05, 3.63) is 0 Å². The number of ether oxygens (including phenoxy) is 2. The normalized spacial score (nSPS) is 11.6. The quantitative estimate of drug-likeness (QED) is 0.597. The van der Waals surface area contributed by atoms with Crippen LogP contribution in [0.25, 0.3) is 0 Å². The van der Waals surface area contributed by atoms with Crippen LogP contribution in [0.1, 0.15) is 40.5 Å². The SMILES string of the molecule is CCCCOCCOCCN(C)C(=O)C(C)(C)C. The summed E-state index contributed by atoms with van der Waals surface area (Å²) >= 11 is 0. The van der Waals surface area contributed by atoms with E-state index in [0.29, 0.717) is 26.4 Å². The lowest BCUT2D eigenvalue weighted by Gasteiger charge is -2.25. The summed E-state index contributed by atoms with van der Waals surface area (Å²) in [6, 6.07) is 0. The maximum absolute atomic E-state index is 11.8. The van der Waals surface area contributed by atoms with Crippen LogP contribution in [0.3, 0.4) is 0 Å². The van der Waals surface area contributed by atoms with Gasteiger partial charge in [0, 0.05) is 25.6 Å².